The molecule has 1 amide bonds. The third-order valence-electron chi connectivity index (χ3n) is 3.30. The number of carbonyl (C=O) groups excluding carboxylic acids is 1. The van der Waals surface area contributed by atoms with Crippen molar-refractivity contribution in [3.05, 3.63) is 69.2 Å². The molecular weight excluding hydrogens is 323 g/mol. The molecule has 2 rings (SSSR count). The summed E-state index contributed by atoms with van der Waals surface area (Å²) in [5, 5.41) is 13.5. The van der Waals surface area contributed by atoms with E-state index in [9.17, 15) is 9.90 Å². The van der Waals surface area contributed by atoms with Crippen LogP contribution in [0.4, 0.5) is 0 Å². The molecule has 2 aromatic carbocycles. The first-order chi connectivity index (χ1) is 10.5. The van der Waals surface area contributed by atoms with Gasteiger partial charge in [0.25, 0.3) is 5.91 Å². The lowest BCUT2D eigenvalue weighted by Crippen LogP contribution is -2.29. The molecule has 0 bridgehead atoms. The zero-order chi connectivity index (χ0) is 16.1. The highest BCUT2D eigenvalue weighted by Crippen LogP contribution is 2.26. The van der Waals surface area contributed by atoms with Crippen molar-refractivity contribution in [1.82, 2.24) is 5.32 Å². The van der Waals surface area contributed by atoms with Gasteiger partial charge in [0.2, 0.25) is 0 Å². The fraction of sp³-hybridized carbons (Fsp3) is 0.188. The molecule has 0 radical (unpaired) electrons. The summed E-state index contributed by atoms with van der Waals surface area (Å²) >= 11 is 11.8. The quantitative estimate of drug-likeness (QED) is 0.784. The summed E-state index contributed by atoms with van der Waals surface area (Å²) in [4.78, 5) is 12.1. The van der Waals surface area contributed by atoms with Gasteiger partial charge in [-0.3, -0.25) is 4.79 Å². The highest BCUT2D eigenvalue weighted by Gasteiger charge is 2.20. The van der Waals surface area contributed by atoms with Gasteiger partial charge in [0.1, 0.15) is 0 Å². The maximum Gasteiger partial charge on any atom is 0.253 e. The molecule has 0 fully saturated rings. The third-order valence-corrected chi connectivity index (χ3v) is 3.86. The summed E-state index contributed by atoms with van der Waals surface area (Å²) in [6.45, 7) is 0.673. The second-order valence-electron chi connectivity index (χ2n) is 4.76. The molecule has 4 nitrogen and oxygen atoms in total. The fourth-order valence-electron chi connectivity index (χ4n) is 2.07. The molecule has 0 heterocycles. The first-order valence-corrected chi connectivity index (χ1v) is 7.46. The molecular formula is C16H16Cl2N2O2. The molecule has 22 heavy (non-hydrogen) atoms. The lowest BCUT2D eigenvalue weighted by Gasteiger charge is -2.14. The standard InChI is InChI=1S/C16H16Cl2N2O2/c17-12-5-6-13(14(18)7-12)15(21)16(22)20-9-11-4-2-1-3-10(11)8-19/h1-7,15,21H,8-9,19H2,(H,20,22). The predicted octanol–water partition coefficient (Wildman–Crippen LogP) is 2.80. The summed E-state index contributed by atoms with van der Waals surface area (Å²) in [6, 6.07) is 12.1. The van der Waals surface area contributed by atoms with E-state index >= 15 is 0 Å². The number of nitrogens with two attached hydrogens (primary N) is 1. The fourth-order valence-corrected chi connectivity index (χ4v) is 2.58. The van der Waals surface area contributed by atoms with Crippen molar-refractivity contribution < 1.29 is 9.90 Å². The molecule has 4 N–H and O–H groups in total. The molecule has 0 aromatic heterocycles. The van der Waals surface area contributed by atoms with Gasteiger partial charge in [-0.2, -0.15) is 0 Å². The van der Waals surface area contributed by atoms with Crippen LogP contribution in [-0.4, -0.2) is 11.0 Å². The molecule has 0 saturated heterocycles. The summed E-state index contributed by atoms with van der Waals surface area (Å²) in [5.74, 6) is -0.531. The number of carbonyl (C=O) groups is 1. The smallest absolute Gasteiger partial charge is 0.253 e. The molecule has 0 aliphatic rings. The van der Waals surface area contributed by atoms with E-state index in [-0.39, 0.29) is 11.6 Å². The maximum absolute atomic E-state index is 12.1. The first-order valence-electron chi connectivity index (χ1n) is 6.70. The molecule has 1 unspecified atom stereocenters. The van der Waals surface area contributed by atoms with E-state index in [2.05, 4.69) is 5.32 Å². The second kappa shape index (κ2) is 7.61. The van der Waals surface area contributed by atoms with Crippen LogP contribution in [0.2, 0.25) is 10.0 Å². The normalized spacial score (nSPS) is 12.0. The van der Waals surface area contributed by atoms with Gasteiger partial charge in [0, 0.05) is 28.7 Å². The zero-order valence-corrected chi connectivity index (χ0v) is 13.2. The van der Waals surface area contributed by atoms with E-state index in [1.54, 1.807) is 6.07 Å². The SMILES string of the molecule is NCc1ccccc1CNC(=O)C(O)c1ccc(Cl)cc1Cl. The lowest BCUT2D eigenvalue weighted by atomic mass is 10.1. The Balaban J connectivity index is 2.05. The van der Waals surface area contributed by atoms with Crippen molar-refractivity contribution in [3.8, 4) is 0 Å². The average molecular weight is 339 g/mol. The van der Waals surface area contributed by atoms with Crippen LogP contribution in [0.15, 0.2) is 42.5 Å². The Morgan fingerprint density at radius 3 is 2.50 bits per heavy atom. The first kappa shape index (κ1) is 16.8. The Morgan fingerprint density at radius 2 is 1.86 bits per heavy atom. The topological polar surface area (TPSA) is 75.3 Å². The van der Waals surface area contributed by atoms with E-state index in [0.717, 1.165) is 11.1 Å². The number of aliphatic hydroxyl groups excluding tert-OH is 1. The predicted molar refractivity (Wildman–Crippen MR) is 87.6 cm³/mol. The molecule has 0 aliphatic heterocycles. The molecule has 0 spiro atoms. The number of hydrogen-bond acceptors (Lipinski definition) is 3. The Morgan fingerprint density at radius 1 is 1.18 bits per heavy atom. The van der Waals surface area contributed by atoms with Crippen molar-refractivity contribution in [2.45, 2.75) is 19.2 Å². The minimum absolute atomic E-state index is 0.248. The molecule has 116 valence electrons. The van der Waals surface area contributed by atoms with Crippen LogP contribution in [0.1, 0.15) is 22.8 Å². The van der Waals surface area contributed by atoms with Crippen LogP contribution in [-0.2, 0) is 17.9 Å². The molecule has 0 aliphatic carbocycles. The number of amides is 1. The third kappa shape index (κ3) is 3.99. The zero-order valence-electron chi connectivity index (χ0n) is 11.7. The van der Waals surface area contributed by atoms with Crippen molar-refractivity contribution in [3.63, 3.8) is 0 Å². The average Bonchev–Trinajstić information content (AvgIpc) is 2.52. The largest absolute Gasteiger partial charge is 0.378 e. The number of nitrogens with one attached hydrogen (secondary N) is 1. The van der Waals surface area contributed by atoms with Crippen LogP contribution in [0.25, 0.3) is 0 Å². The maximum atomic E-state index is 12.1. The van der Waals surface area contributed by atoms with E-state index in [4.69, 9.17) is 28.9 Å². The highest BCUT2D eigenvalue weighted by molar-refractivity contribution is 6.35. The number of aliphatic hydroxyl groups is 1. The number of benzene rings is 2. The van der Waals surface area contributed by atoms with Gasteiger partial charge in [0.05, 0.1) is 0 Å². The summed E-state index contributed by atoms with van der Waals surface area (Å²) in [7, 11) is 0. The van der Waals surface area contributed by atoms with Crippen LogP contribution >= 0.6 is 23.2 Å². The summed E-state index contributed by atoms with van der Waals surface area (Å²) in [6.07, 6.45) is -1.35. The van der Waals surface area contributed by atoms with Gasteiger partial charge >= 0.3 is 0 Å². The van der Waals surface area contributed by atoms with Crippen LogP contribution in [0.5, 0.6) is 0 Å². The molecule has 6 heteroatoms. The van der Waals surface area contributed by atoms with E-state index < -0.39 is 12.0 Å². The van der Waals surface area contributed by atoms with Crippen molar-refractivity contribution in [2.24, 2.45) is 5.73 Å². The Labute approximate surface area is 138 Å². The molecule has 0 saturated carbocycles. The minimum atomic E-state index is -1.35. The van der Waals surface area contributed by atoms with Gasteiger partial charge in [0.15, 0.2) is 6.10 Å². The highest BCUT2D eigenvalue weighted by atomic mass is 35.5. The second-order valence-corrected chi connectivity index (χ2v) is 5.60. The number of rotatable bonds is 5. The van der Waals surface area contributed by atoms with Crippen molar-refractivity contribution in [2.75, 3.05) is 0 Å². The van der Waals surface area contributed by atoms with Gasteiger partial charge < -0.3 is 16.2 Å². The Kier molecular flexibility index (Phi) is 5.80. The van der Waals surface area contributed by atoms with Crippen molar-refractivity contribution in [1.29, 1.82) is 0 Å². The van der Waals surface area contributed by atoms with Crippen LogP contribution in [0, 0.1) is 0 Å². The van der Waals surface area contributed by atoms with E-state index in [1.807, 2.05) is 24.3 Å². The van der Waals surface area contributed by atoms with Crippen molar-refractivity contribution >= 4 is 29.1 Å². The number of hydrogen-bond donors (Lipinski definition) is 3. The van der Waals surface area contributed by atoms with Gasteiger partial charge in [-0.1, -0.05) is 53.5 Å². The monoisotopic (exact) mass is 338 g/mol. The van der Waals surface area contributed by atoms with Crippen LogP contribution < -0.4 is 11.1 Å². The van der Waals surface area contributed by atoms with E-state index in [0.29, 0.717) is 17.1 Å². The van der Waals surface area contributed by atoms with E-state index in [1.165, 1.54) is 12.1 Å². The molecule has 1 atom stereocenters. The summed E-state index contributed by atoms with van der Waals surface area (Å²) in [5.41, 5.74) is 7.82. The van der Waals surface area contributed by atoms with Gasteiger partial charge in [-0.25, -0.2) is 0 Å². The molecule has 2 aromatic rings. The van der Waals surface area contributed by atoms with Crippen LogP contribution in [0.3, 0.4) is 0 Å². The number of halogens is 2. The lowest BCUT2D eigenvalue weighted by molar-refractivity contribution is -0.129. The van der Waals surface area contributed by atoms with Gasteiger partial charge in [-0.15, -0.1) is 0 Å². The van der Waals surface area contributed by atoms with Gasteiger partial charge in [-0.05, 0) is 23.3 Å². The Bertz CT molecular complexity index is 677. The Hall–Kier alpha value is -1.59. The summed E-state index contributed by atoms with van der Waals surface area (Å²) < 4.78 is 0. The minimum Gasteiger partial charge on any atom is -0.378 e.